The van der Waals surface area contributed by atoms with E-state index in [4.69, 9.17) is 5.73 Å². The summed E-state index contributed by atoms with van der Waals surface area (Å²) in [6, 6.07) is 4.24. The van der Waals surface area contributed by atoms with Gasteiger partial charge in [-0.2, -0.15) is 0 Å². The molecule has 0 aromatic carbocycles. The Labute approximate surface area is 117 Å². The third-order valence-corrected chi connectivity index (χ3v) is 4.45. The fourth-order valence-electron chi connectivity index (χ4n) is 2.74. The number of thiophene rings is 1. The lowest BCUT2D eigenvalue weighted by Crippen LogP contribution is -2.12. The van der Waals surface area contributed by atoms with Crippen molar-refractivity contribution in [1.82, 2.24) is 4.98 Å². The highest BCUT2D eigenvalue weighted by atomic mass is 32.1. The van der Waals surface area contributed by atoms with Crippen molar-refractivity contribution in [2.45, 2.75) is 25.7 Å². The number of nitrogen functional groups attached to an aromatic ring is 1. The molecule has 0 saturated heterocycles. The summed E-state index contributed by atoms with van der Waals surface area (Å²) in [5.74, 6) is 0.606. The second-order valence-electron chi connectivity index (χ2n) is 4.78. The lowest BCUT2D eigenvalue weighted by molar-refractivity contribution is 0.670. The molecule has 0 fully saturated rings. The van der Waals surface area contributed by atoms with E-state index in [0.717, 1.165) is 18.4 Å². The van der Waals surface area contributed by atoms with Gasteiger partial charge >= 0.3 is 0 Å². The second kappa shape index (κ2) is 5.13. The maximum Gasteiger partial charge on any atom is 0.133 e. The van der Waals surface area contributed by atoms with Gasteiger partial charge in [-0.1, -0.05) is 6.07 Å². The minimum absolute atomic E-state index is 0.606. The average Bonchev–Trinajstić information content (AvgIpc) is 2.93. The van der Waals surface area contributed by atoms with Crippen molar-refractivity contribution in [3.05, 3.63) is 34.3 Å². The fourth-order valence-corrected chi connectivity index (χ4v) is 3.55. The van der Waals surface area contributed by atoms with Crippen LogP contribution in [-0.2, 0) is 12.8 Å². The van der Waals surface area contributed by atoms with E-state index in [1.54, 1.807) is 18.4 Å². The van der Waals surface area contributed by atoms with Crippen molar-refractivity contribution in [2.75, 3.05) is 12.8 Å². The Bertz CT molecular complexity index is 615. The van der Waals surface area contributed by atoms with Crippen molar-refractivity contribution >= 4 is 23.4 Å². The molecule has 98 valence electrons. The van der Waals surface area contributed by atoms with E-state index in [1.165, 1.54) is 34.5 Å². The minimum atomic E-state index is 0.606. The van der Waals surface area contributed by atoms with Gasteiger partial charge in [0.2, 0.25) is 0 Å². The van der Waals surface area contributed by atoms with Gasteiger partial charge in [0, 0.05) is 35.0 Å². The molecule has 0 atom stereocenters. The van der Waals surface area contributed by atoms with E-state index in [2.05, 4.69) is 27.5 Å². The highest BCUT2D eigenvalue weighted by Gasteiger charge is 2.21. The van der Waals surface area contributed by atoms with Crippen molar-refractivity contribution in [3.8, 4) is 10.4 Å². The molecule has 3 nitrogen and oxygen atoms in total. The summed E-state index contributed by atoms with van der Waals surface area (Å²) in [6.07, 6.45) is 6.43. The smallest absolute Gasteiger partial charge is 0.133 e. The summed E-state index contributed by atoms with van der Waals surface area (Å²) >= 11 is 1.75. The number of nitrogens with zero attached hydrogens (tertiary/aromatic N) is 2. The first-order valence-electron chi connectivity index (χ1n) is 6.58. The first kappa shape index (κ1) is 12.4. The zero-order valence-corrected chi connectivity index (χ0v) is 11.8. The Balaban J connectivity index is 2.30. The number of aromatic nitrogens is 1. The summed E-state index contributed by atoms with van der Waals surface area (Å²) in [6.45, 7) is 0. The lowest BCUT2D eigenvalue weighted by Gasteiger charge is -2.21. The van der Waals surface area contributed by atoms with Gasteiger partial charge < -0.3 is 5.73 Å². The van der Waals surface area contributed by atoms with Crippen molar-refractivity contribution < 1.29 is 0 Å². The van der Waals surface area contributed by atoms with Gasteiger partial charge in [0.15, 0.2) is 0 Å². The van der Waals surface area contributed by atoms with Gasteiger partial charge in [0.1, 0.15) is 5.82 Å². The molecule has 2 aromatic rings. The largest absolute Gasteiger partial charge is 0.383 e. The Hall–Kier alpha value is -1.68. The van der Waals surface area contributed by atoms with Crippen LogP contribution >= 0.6 is 11.3 Å². The Morgan fingerprint density at radius 2 is 2.21 bits per heavy atom. The number of pyridine rings is 1. The Kier molecular flexibility index (Phi) is 3.34. The van der Waals surface area contributed by atoms with Gasteiger partial charge in [-0.05, 0) is 42.7 Å². The standard InChI is InChI=1S/C15H17N3S/c1-17-9-11-14(13-7-4-8-19-13)10-5-2-3-6-12(10)18-15(11)16/h4,7-9H,2-3,5-6H2,1H3,(H2,16,18). The van der Waals surface area contributed by atoms with Crippen LogP contribution in [0.2, 0.25) is 0 Å². The van der Waals surface area contributed by atoms with Crippen molar-refractivity contribution in [3.63, 3.8) is 0 Å². The van der Waals surface area contributed by atoms with Gasteiger partial charge in [-0.25, -0.2) is 4.98 Å². The first-order valence-corrected chi connectivity index (χ1v) is 7.46. The minimum Gasteiger partial charge on any atom is -0.383 e. The summed E-state index contributed by atoms with van der Waals surface area (Å²) in [7, 11) is 1.77. The molecular weight excluding hydrogens is 254 g/mol. The van der Waals surface area contributed by atoms with Gasteiger partial charge in [0.25, 0.3) is 0 Å². The highest BCUT2D eigenvalue weighted by Crippen LogP contribution is 2.37. The normalized spacial score (nSPS) is 14.8. The predicted octanol–water partition coefficient (Wildman–Crippen LogP) is 3.32. The molecule has 2 N–H and O–H groups in total. The van der Waals surface area contributed by atoms with Crippen molar-refractivity contribution in [1.29, 1.82) is 0 Å². The van der Waals surface area contributed by atoms with Crippen molar-refractivity contribution in [2.24, 2.45) is 4.99 Å². The van der Waals surface area contributed by atoms with Crippen LogP contribution in [0, 0.1) is 0 Å². The van der Waals surface area contributed by atoms with Crippen LogP contribution in [0.5, 0.6) is 0 Å². The summed E-state index contributed by atoms with van der Waals surface area (Å²) in [5, 5.41) is 2.11. The molecule has 0 radical (unpaired) electrons. The molecule has 1 aliphatic rings. The molecule has 0 bridgehead atoms. The number of aliphatic imine (C=N–C) groups is 1. The number of hydrogen-bond donors (Lipinski definition) is 1. The molecule has 2 heterocycles. The molecule has 2 aromatic heterocycles. The molecule has 0 saturated carbocycles. The Morgan fingerprint density at radius 3 is 2.95 bits per heavy atom. The molecular formula is C15H17N3S. The quantitative estimate of drug-likeness (QED) is 0.852. The van der Waals surface area contributed by atoms with E-state index in [9.17, 15) is 0 Å². The summed E-state index contributed by atoms with van der Waals surface area (Å²) in [4.78, 5) is 10.0. The number of fused-ring (bicyclic) bond motifs is 1. The second-order valence-corrected chi connectivity index (χ2v) is 5.73. The zero-order valence-electron chi connectivity index (χ0n) is 11.0. The van der Waals surface area contributed by atoms with Gasteiger partial charge in [0.05, 0.1) is 0 Å². The van der Waals surface area contributed by atoms with Crippen LogP contribution in [0.4, 0.5) is 5.82 Å². The molecule has 1 aliphatic carbocycles. The van der Waals surface area contributed by atoms with Crippen LogP contribution < -0.4 is 5.73 Å². The molecule has 0 unspecified atom stereocenters. The van der Waals surface area contributed by atoms with E-state index in [0.29, 0.717) is 5.82 Å². The number of aryl methyl sites for hydroxylation is 1. The van der Waals surface area contributed by atoms with E-state index < -0.39 is 0 Å². The van der Waals surface area contributed by atoms with Crippen LogP contribution in [0.25, 0.3) is 10.4 Å². The maximum absolute atomic E-state index is 6.14. The lowest BCUT2D eigenvalue weighted by atomic mass is 9.89. The SMILES string of the molecule is CN=Cc1c(N)nc2c(c1-c1cccs1)CCCC2. The number of hydrogen-bond acceptors (Lipinski definition) is 4. The van der Waals surface area contributed by atoms with E-state index in [-0.39, 0.29) is 0 Å². The monoisotopic (exact) mass is 271 g/mol. The molecule has 3 rings (SSSR count). The zero-order chi connectivity index (χ0) is 13.2. The Morgan fingerprint density at radius 1 is 1.37 bits per heavy atom. The number of anilines is 1. The van der Waals surface area contributed by atoms with Crippen LogP contribution in [0.3, 0.4) is 0 Å². The van der Waals surface area contributed by atoms with Gasteiger partial charge in [-0.3, -0.25) is 4.99 Å². The average molecular weight is 271 g/mol. The summed E-state index contributed by atoms with van der Waals surface area (Å²) in [5.41, 5.74) is 10.9. The van der Waals surface area contributed by atoms with Crippen LogP contribution in [0.15, 0.2) is 22.5 Å². The topological polar surface area (TPSA) is 51.3 Å². The van der Waals surface area contributed by atoms with E-state index >= 15 is 0 Å². The van der Waals surface area contributed by atoms with E-state index in [1.807, 2.05) is 6.21 Å². The first-order chi connectivity index (χ1) is 9.31. The highest BCUT2D eigenvalue weighted by molar-refractivity contribution is 7.13. The van der Waals surface area contributed by atoms with Crippen LogP contribution in [-0.4, -0.2) is 18.2 Å². The third kappa shape index (κ3) is 2.16. The summed E-state index contributed by atoms with van der Waals surface area (Å²) < 4.78 is 0. The number of nitrogens with two attached hydrogens (primary N) is 1. The molecule has 0 spiro atoms. The molecule has 0 amide bonds. The molecule has 4 heteroatoms. The third-order valence-electron chi connectivity index (χ3n) is 3.57. The van der Waals surface area contributed by atoms with Gasteiger partial charge in [-0.15, -0.1) is 11.3 Å². The molecule has 19 heavy (non-hydrogen) atoms. The van der Waals surface area contributed by atoms with Crippen LogP contribution in [0.1, 0.15) is 29.7 Å². The maximum atomic E-state index is 6.14. The fraction of sp³-hybridized carbons (Fsp3) is 0.333. The molecule has 0 aliphatic heterocycles. The number of rotatable bonds is 2. The predicted molar refractivity (Wildman–Crippen MR) is 82.1 cm³/mol.